The molecule has 4 aromatic heterocycles. The van der Waals surface area contributed by atoms with Crippen LogP contribution < -0.4 is 11.0 Å². The second-order valence-corrected chi connectivity index (χ2v) is 8.79. The monoisotopic (exact) mass is 438 g/mol. The van der Waals surface area contributed by atoms with Crippen molar-refractivity contribution in [3.05, 3.63) is 74.8 Å². The smallest absolute Gasteiger partial charge is 0.258 e. The molecule has 0 fully saturated rings. The lowest BCUT2D eigenvalue weighted by molar-refractivity contribution is 0.547. The average molecular weight is 438 g/mol. The second-order valence-electron chi connectivity index (χ2n) is 8.79. The highest BCUT2D eigenvalue weighted by Crippen LogP contribution is 2.39. The zero-order valence-electron chi connectivity index (χ0n) is 18.8. The number of aromatic amines is 1. The number of rotatable bonds is 2. The topological polar surface area (TPSA) is 85.8 Å². The third-order valence-electron chi connectivity index (χ3n) is 6.48. The summed E-state index contributed by atoms with van der Waals surface area (Å²) in [5.74, 6) is 0. The van der Waals surface area contributed by atoms with E-state index in [0.29, 0.717) is 33.4 Å². The molecule has 0 atom stereocenters. The highest BCUT2D eigenvalue weighted by molar-refractivity contribution is 6.15. The van der Waals surface area contributed by atoms with Crippen molar-refractivity contribution in [2.75, 3.05) is 0 Å². The summed E-state index contributed by atoms with van der Waals surface area (Å²) in [6, 6.07) is 13.1. The van der Waals surface area contributed by atoms with Crippen LogP contribution in [-0.2, 0) is 7.05 Å². The van der Waals surface area contributed by atoms with E-state index in [0.717, 1.165) is 27.3 Å². The first kappa shape index (κ1) is 19.5. The van der Waals surface area contributed by atoms with Gasteiger partial charge in [-0.2, -0.15) is 0 Å². The summed E-state index contributed by atoms with van der Waals surface area (Å²) in [5, 5.41) is 5.79. The van der Waals surface area contributed by atoms with Gasteiger partial charge in [-0.1, -0.05) is 18.2 Å². The standard InChI is InChI=1S/C26H22N4O3/c1-13(2)30-25-18(12-27-30)21(17-11-15-7-5-6-8-19(15)29(4)26(17)32)24-22(28-25)16-9-10-20(31)14(3)23(16)33-24/h5-13,27H,1-4H3. The van der Waals surface area contributed by atoms with Gasteiger partial charge in [-0.25, -0.2) is 4.98 Å². The molecule has 0 spiro atoms. The molecule has 33 heavy (non-hydrogen) atoms. The summed E-state index contributed by atoms with van der Waals surface area (Å²) in [4.78, 5) is 30.8. The molecule has 7 heteroatoms. The van der Waals surface area contributed by atoms with Gasteiger partial charge in [-0.05, 0) is 50.4 Å². The molecule has 0 unspecified atom stereocenters. The Balaban J connectivity index is 1.88. The third kappa shape index (κ3) is 2.59. The van der Waals surface area contributed by atoms with Crippen molar-refractivity contribution >= 4 is 44.0 Å². The van der Waals surface area contributed by atoms with E-state index >= 15 is 0 Å². The fourth-order valence-electron chi connectivity index (χ4n) is 4.72. The van der Waals surface area contributed by atoms with Crippen LogP contribution in [0.1, 0.15) is 25.5 Å². The van der Waals surface area contributed by atoms with Crippen molar-refractivity contribution < 1.29 is 4.42 Å². The van der Waals surface area contributed by atoms with Crippen LogP contribution in [0.5, 0.6) is 0 Å². The number of nitrogens with one attached hydrogen (secondary N) is 1. The lowest BCUT2D eigenvalue weighted by Crippen LogP contribution is -2.19. The SMILES string of the molecule is Cc1c(=O)ccc2c1oc1c(-c3cc4ccccc4n(C)c3=O)c3c[nH]n(C(C)C)c3nc12. The number of aromatic nitrogens is 4. The molecule has 4 heterocycles. The molecule has 0 aliphatic carbocycles. The van der Waals surface area contributed by atoms with Gasteiger partial charge in [0, 0.05) is 41.2 Å². The first-order valence-corrected chi connectivity index (χ1v) is 10.9. The molecule has 6 rings (SSSR count). The maximum absolute atomic E-state index is 13.6. The van der Waals surface area contributed by atoms with E-state index in [4.69, 9.17) is 9.40 Å². The number of benzene rings is 2. The average Bonchev–Trinajstić information content (AvgIpc) is 3.39. The number of aryl methyl sites for hydroxylation is 2. The van der Waals surface area contributed by atoms with Gasteiger partial charge in [0.05, 0.1) is 11.1 Å². The Morgan fingerprint density at radius 1 is 1.03 bits per heavy atom. The van der Waals surface area contributed by atoms with Crippen LogP contribution in [0.15, 0.2) is 62.7 Å². The minimum Gasteiger partial charge on any atom is -0.453 e. The highest BCUT2D eigenvalue weighted by atomic mass is 16.3. The van der Waals surface area contributed by atoms with Crippen LogP contribution in [0, 0.1) is 6.92 Å². The number of H-pyrrole nitrogens is 1. The largest absolute Gasteiger partial charge is 0.453 e. The molecule has 0 aliphatic rings. The fraction of sp³-hybridized carbons (Fsp3) is 0.192. The van der Waals surface area contributed by atoms with E-state index in [1.807, 2.05) is 41.2 Å². The maximum atomic E-state index is 13.6. The van der Waals surface area contributed by atoms with Gasteiger partial charge in [-0.15, -0.1) is 0 Å². The van der Waals surface area contributed by atoms with E-state index in [-0.39, 0.29) is 17.0 Å². The minimum absolute atomic E-state index is 0.0886. The molecule has 1 N–H and O–H groups in total. The fourth-order valence-corrected chi connectivity index (χ4v) is 4.72. The lowest BCUT2D eigenvalue weighted by Gasteiger charge is -2.11. The predicted octanol–water partition coefficient (Wildman–Crippen LogP) is 5.03. The Labute approximate surface area is 187 Å². The molecule has 0 radical (unpaired) electrons. The molecule has 0 amide bonds. The number of nitrogens with zero attached hydrogens (tertiary/aromatic N) is 3. The Bertz CT molecular complexity index is 1860. The van der Waals surface area contributed by atoms with Crippen LogP contribution in [0.4, 0.5) is 0 Å². The lowest BCUT2D eigenvalue weighted by atomic mass is 10.0. The van der Waals surface area contributed by atoms with E-state index in [9.17, 15) is 9.59 Å². The maximum Gasteiger partial charge on any atom is 0.258 e. The van der Waals surface area contributed by atoms with Crippen molar-refractivity contribution in [2.24, 2.45) is 7.05 Å². The van der Waals surface area contributed by atoms with Gasteiger partial charge >= 0.3 is 0 Å². The quantitative estimate of drug-likeness (QED) is 0.411. The number of fused-ring (bicyclic) bond motifs is 5. The Morgan fingerprint density at radius 3 is 2.61 bits per heavy atom. The molecule has 2 aromatic carbocycles. The minimum atomic E-state index is -0.124. The summed E-state index contributed by atoms with van der Waals surface area (Å²) < 4.78 is 9.93. The van der Waals surface area contributed by atoms with Crippen molar-refractivity contribution in [1.29, 1.82) is 0 Å². The molecule has 0 saturated carbocycles. The molecule has 0 saturated heterocycles. The van der Waals surface area contributed by atoms with Crippen molar-refractivity contribution in [1.82, 2.24) is 19.3 Å². The molecule has 0 aliphatic heterocycles. The highest BCUT2D eigenvalue weighted by Gasteiger charge is 2.24. The van der Waals surface area contributed by atoms with Gasteiger partial charge in [-0.3, -0.25) is 14.3 Å². The first-order chi connectivity index (χ1) is 15.9. The van der Waals surface area contributed by atoms with Crippen LogP contribution in [0.3, 0.4) is 0 Å². The molecular formula is C26H22N4O3. The number of para-hydroxylation sites is 1. The van der Waals surface area contributed by atoms with Gasteiger partial charge in [0.1, 0.15) is 11.1 Å². The van der Waals surface area contributed by atoms with Gasteiger partial charge in [0.15, 0.2) is 16.7 Å². The van der Waals surface area contributed by atoms with E-state index < -0.39 is 0 Å². The van der Waals surface area contributed by atoms with Crippen molar-refractivity contribution in [3.8, 4) is 11.1 Å². The Hall–Kier alpha value is -4.13. The Kier molecular flexibility index (Phi) is 3.96. The van der Waals surface area contributed by atoms with Crippen LogP contribution in [-0.4, -0.2) is 19.3 Å². The summed E-state index contributed by atoms with van der Waals surface area (Å²) >= 11 is 0. The summed E-state index contributed by atoms with van der Waals surface area (Å²) in [6.45, 7) is 5.89. The molecule has 7 nitrogen and oxygen atoms in total. The van der Waals surface area contributed by atoms with E-state index in [2.05, 4.69) is 18.9 Å². The van der Waals surface area contributed by atoms with E-state index in [1.165, 1.54) is 0 Å². The van der Waals surface area contributed by atoms with Crippen LogP contribution in [0.2, 0.25) is 0 Å². The molecular weight excluding hydrogens is 416 g/mol. The molecule has 164 valence electrons. The molecule has 0 bridgehead atoms. The normalized spacial score (nSPS) is 12.2. The van der Waals surface area contributed by atoms with Gasteiger partial charge < -0.3 is 14.1 Å². The van der Waals surface area contributed by atoms with Crippen molar-refractivity contribution in [3.63, 3.8) is 0 Å². The number of hydrogen-bond acceptors (Lipinski definition) is 4. The number of furan rings is 1. The summed E-state index contributed by atoms with van der Waals surface area (Å²) in [6.07, 6.45) is 1.87. The zero-order chi connectivity index (χ0) is 23.0. The Morgan fingerprint density at radius 2 is 1.82 bits per heavy atom. The summed E-state index contributed by atoms with van der Waals surface area (Å²) in [5.41, 5.74) is 4.78. The van der Waals surface area contributed by atoms with Crippen molar-refractivity contribution in [2.45, 2.75) is 26.8 Å². The first-order valence-electron chi connectivity index (χ1n) is 10.9. The predicted molar refractivity (Wildman–Crippen MR) is 131 cm³/mol. The number of pyridine rings is 2. The van der Waals surface area contributed by atoms with Gasteiger partial charge in [0.2, 0.25) is 0 Å². The third-order valence-corrected chi connectivity index (χ3v) is 6.48. The second kappa shape index (κ2) is 6.68. The van der Waals surface area contributed by atoms with Crippen LogP contribution >= 0.6 is 0 Å². The van der Waals surface area contributed by atoms with Gasteiger partial charge in [0.25, 0.3) is 5.56 Å². The van der Waals surface area contributed by atoms with E-state index in [1.54, 1.807) is 30.7 Å². The number of hydrogen-bond donors (Lipinski definition) is 1. The summed E-state index contributed by atoms with van der Waals surface area (Å²) in [7, 11) is 1.78. The van der Waals surface area contributed by atoms with Crippen LogP contribution in [0.25, 0.3) is 55.1 Å². The molecule has 6 aromatic rings. The zero-order valence-corrected chi connectivity index (χ0v) is 18.8.